The van der Waals surface area contributed by atoms with E-state index in [1.165, 1.54) is 24.0 Å². The highest BCUT2D eigenvalue weighted by molar-refractivity contribution is 7.89. The van der Waals surface area contributed by atoms with Crippen molar-refractivity contribution in [3.63, 3.8) is 0 Å². The van der Waals surface area contributed by atoms with Gasteiger partial charge in [-0.2, -0.15) is 4.31 Å². The van der Waals surface area contributed by atoms with E-state index in [0.29, 0.717) is 23.9 Å². The molecule has 1 aliphatic carbocycles. The number of hydrogen-bond acceptors (Lipinski definition) is 2. The average molecular weight is 293 g/mol. The Bertz CT molecular complexity index is 594. The van der Waals surface area contributed by atoms with E-state index < -0.39 is 10.0 Å². The van der Waals surface area contributed by atoms with Crippen LogP contribution in [0, 0.1) is 5.92 Å². The molecule has 0 saturated carbocycles. The van der Waals surface area contributed by atoms with E-state index in [2.05, 4.69) is 6.92 Å². The Morgan fingerprint density at radius 2 is 1.85 bits per heavy atom. The molecule has 3 nitrogen and oxygen atoms in total. The second kappa shape index (κ2) is 5.49. The van der Waals surface area contributed by atoms with Crippen LogP contribution >= 0.6 is 0 Å². The first-order chi connectivity index (χ1) is 9.57. The van der Waals surface area contributed by atoms with Gasteiger partial charge in [0.25, 0.3) is 0 Å². The van der Waals surface area contributed by atoms with Crippen molar-refractivity contribution < 1.29 is 8.42 Å². The van der Waals surface area contributed by atoms with Gasteiger partial charge < -0.3 is 0 Å². The van der Waals surface area contributed by atoms with Crippen LogP contribution in [0.3, 0.4) is 0 Å². The van der Waals surface area contributed by atoms with E-state index in [1.54, 1.807) is 10.4 Å². The van der Waals surface area contributed by atoms with Gasteiger partial charge in [-0.1, -0.05) is 13.0 Å². The molecule has 3 rings (SSSR count). The van der Waals surface area contributed by atoms with Crippen molar-refractivity contribution in [3.05, 3.63) is 29.3 Å². The quantitative estimate of drug-likeness (QED) is 0.840. The van der Waals surface area contributed by atoms with Crippen LogP contribution in [0.15, 0.2) is 23.1 Å². The largest absolute Gasteiger partial charge is 0.243 e. The smallest absolute Gasteiger partial charge is 0.207 e. The van der Waals surface area contributed by atoms with E-state index >= 15 is 0 Å². The lowest BCUT2D eigenvalue weighted by atomic mass is 9.92. The molecule has 0 N–H and O–H groups in total. The molecular formula is C16H23NO2S. The summed E-state index contributed by atoms with van der Waals surface area (Å²) in [4.78, 5) is 0.493. The summed E-state index contributed by atoms with van der Waals surface area (Å²) < 4.78 is 27.2. The van der Waals surface area contributed by atoms with Crippen LogP contribution in [-0.4, -0.2) is 25.8 Å². The van der Waals surface area contributed by atoms with Gasteiger partial charge in [0, 0.05) is 13.1 Å². The minimum absolute atomic E-state index is 0.469. The summed E-state index contributed by atoms with van der Waals surface area (Å²) in [5.41, 5.74) is 2.57. The highest BCUT2D eigenvalue weighted by Crippen LogP contribution is 2.27. The fourth-order valence-electron chi connectivity index (χ4n) is 3.38. The maximum Gasteiger partial charge on any atom is 0.243 e. The molecule has 0 amide bonds. The second-order valence-electron chi connectivity index (χ2n) is 6.25. The van der Waals surface area contributed by atoms with E-state index in [9.17, 15) is 8.42 Å². The molecule has 4 heteroatoms. The first kappa shape index (κ1) is 14.1. The van der Waals surface area contributed by atoms with Crippen LogP contribution in [0.5, 0.6) is 0 Å². The fourth-order valence-corrected chi connectivity index (χ4v) is 5.03. The van der Waals surface area contributed by atoms with Crippen LogP contribution < -0.4 is 0 Å². The molecule has 110 valence electrons. The number of rotatable bonds is 2. The van der Waals surface area contributed by atoms with Gasteiger partial charge in [-0.05, 0) is 67.7 Å². The highest BCUT2D eigenvalue weighted by atomic mass is 32.2. The number of nitrogens with zero attached hydrogens (tertiary/aromatic N) is 1. The normalized spacial score (nSPS) is 24.4. The van der Waals surface area contributed by atoms with E-state index in [-0.39, 0.29) is 0 Å². The molecule has 1 saturated heterocycles. The van der Waals surface area contributed by atoms with E-state index in [0.717, 1.165) is 25.7 Å². The Kier molecular flexibility index (Phi) is 3.87. The number of sulfonamides is 1. The third-order valence-electron chi connectivity index (χ3n) is 4.58. The van der Waals surface area contributed by atoms with E-state index in [1.807, 2.05) is 12.1 Å². The minimum Gasteiger partial charge on any atom is -0.207 e. The third-order valence-corrected chi connectivity index (χ3v) is 6.44. The maximum absolute atomic E-state index is 12.7. The lowest BCUT2D eigenvalue weighted by molar-refractivity contribution is 0.281. The molecule has 0 bridgehead atoms. The van der Waals surface area contributed by atoms with Crippen molar-refractivity contribution in [2.45, 2.75) is 50.3 Å². The summed E-state index contributed by atoms with van der Waals surface area (Å²) >= 11 is 0. The molecule has 1 heterocycles. The molecule has 1 fully saturated rings. The SMILES string of the molecule is C[C@@H]1CCCN(S(=O)(=O)c2ccc3c(c2)CCCC3)C1. The van der Waals surface area contributed by atoms with Gasteiger partial charge >= 0.3 is 0 Å². The standard InChI is InChI=1S/C16H23NO2S/c1-13-5-4-10-17(12-13)20(18,19)16-9-8-14-6-2-3-7-15(14)11-16/h8-9,11,13H,2-7,10,12H2,1H3/t13-/m1/s1. The van der Waals surface area contributed by atoms with Gasteiger partial charge in [0.05, 0.1) is 4.90 Å². The van der Waals surface area contributed by atoms with Crippen LogP contribution in [0.4, 0.5) is 0 Å². The molecule has 1 aliphatic heterocycles. The first-order valence-corrected chi connectivity index (χ1v) is 9.13. The molecular weight excluding hydrogens is 270 g/mol. The summed E-state index contributed by atoms with van der Waals surface area (Å²) in [6.07, 6.45) is 6.63. The van der Waals surface area contributed by atoms with Gasteiger partial charge in [0.2, 0.25) is 10.0 Å². The van der Waals surface area contributed by atoms with Gasteiger partial charge in [0.1, 0.15) is 0 Å². The van der Waals surface area contributed by atoms with Crippen molar-refractivity contribution >= 4 is 10.0 Å². The van der Waals surface area contributed by atoms with E-state index in [4.69, 9.17) is 0 Å². The highest BCUT2D eigenvalue weighted by Gasteiger charge is 2.29. The van der Waals surface area contributed by atoms with Crippen molar-refractivity contribution in [1.82, 2.24) is 4.31 Å². The molecule has 0 spiro atoms. The number of aryl methyl sites for hydroxylation is 2. The van der Waals surface area contributed by atoms with Crippen molar-refractivity contribution in [3.8, 4) is 0 Å². The summed E-state index contributed by atoms with van der Waals surface area (Å²) in [7, 11) is -3.30. The molecule has 1 aromatic rings. The summed E-state index contributed by atoms with van der Waals surface area (Å²) in [6.45, 7) is 3.47. The summed E-state index contributed by atoms with van der Waals surface area (Å²) in [5, 5.41) is 0. The molecule has 1 aromatic carbocycles. The molecule has 1 atom stereocenters. The second-order valence-corrected chi connectivity index (χ2v) is 8.19. The zero-order valence-corrected chi connectivity index (χ0v) is 13.0. The van der Waals surface area contributed by atoms with Crippen LogP contribution in [0.1, 0.15) is 43.7 Å². The Labute approximate surface area is 122 Å². The predicted molar refractivity (Wildman–Crippen MR) is 80.2 cm³/mol. The van der Waals surface area contributed by atoms with Gasteiger partial charge in [-0.25, -0.2) is 8.42 Å². The Morgan fingerprint density at radius 3 is 2.60 bits per heavy atom. The first-order valence-electron chi connectivity index (χ1n) is 7.69. The number of piperidine rings is 1. The number of benzene rings is 1. The van der Waals surface area contributed by atoms with Gasteiger partial charge in [-0.3, -0.25) is 0 Å². The topological polar surface area (TPSA) is 37.4 Å². The molecule has 0 radical (unpaired) electrons. The average Bonchev–Trinajstić information content (AvgIpc) is 2.46. The Morgan fingerprint density at radius 1 is 1.10 bits per heavy atom. The molecule has 0 unspecified atom stereocenters. The van der Waals surface area contributed by atoms with Crippen LogP contribution in [0.25, 0.3) is 0 Å². The summed E-state index contributed by atoms with van der Waals surface area (Å²) in [6, 6.07) is 5.75. The zero-order chi connectivity index (χ0) is 14.2. The van der Waals surface area contributed by atoms with Gasteiger partial charge in [-0.15, -0.1) is 0 Å². The van der Waals surface area contributed by atoms with Crippen molar-refractivity contribution in [2.75, 3.05) is 13.1 Å². The summed E-state index contributed by atoms with van der Waals surface area (Å²) in [5.74, 6) is 0.469. The fraction of sp³-hybridized carbons (Fsp3) is 0.625. The molecule has 2 aliphatic rings. The Balaban J connectivity index is 1.90. The minimum atomic E-state index is -3.30. The third kappa shape index (κ3) is 2.63. The molecule has 0 aromatic heterocycles. The Hall–Kier alpha value is -0.870. The predicted octanol–water partition coefficient (Wildman–Crippen LogP) is 2.99. The van der Waals surface area contributed by atoms with Crippen molar-refractivity contribution in [1.29, 1.82) is 0 Å². The lowest BCUT2D eigenvalue weighted by Crippen LogP contribution is -2.39. The van der Waals surface area contributed by atoms with Crippen LogP contribution in [-0.2, 0) is 22.9 Å². The number of fused-ring (bicyclic) bond motifs is 1. The number of hydrogen-bond donors (Lipinski definition) is 0. The molecule has 20 heavy (non-hydrogen) atoms. The monoisotopic (exact) mass is 293 g/mol. The van der Waals surface area contributed by atoms with Gasteiger partial charge in [0.15, 0.2) is 0 Å². The van der Waals surface area contributed by atoms with Crippen LogP contribution in [0.2, 0.25) is 0 Å². The maximum atomic E-state index is 12.7. The zero-order valence-electron chi connectivity index (χ0n) is 12.1. The lowest BCUT2D eigenvalue weighted by Gasteiger charge is -2.30. The van der Waals surface area contributed by atoms with Crippen molar-refractivity contribution in [2.24, 2.45) is 5.92 Å².